The Morgan fingerprint density at radius 2 is 1.86 bits per heavy atom. The Hall–Kier alpha value is -3.13. The van der Waals surface area contributed by atoms with Crippen LogP contribution >= 0.6 is 0 Å². The van der Waals surface area contributed by atoms with Crippen LogP contribution < -0.4 is 4.72 Å². The average molecular weight is 396 g/mol. The summed E-state index contributed by atoms with van der Waals surface area (Å²) >= 11 is 0. The van der Waals surface area contributed by atoms with E-state index in [9.17, 15) is 13.2 Å². The van der Waals surface area contributed by atoms with E-state index in [1.807, 2.05) is 35.0 Å². The van der Waals surface area contributed by atoms with Crippen molar-refractivity contribution in [1.29, 1.82) is 0 Å². The van der Waals surface area contributed by atoms with Crippen LogP contribution in [0.25, 0.3) is 5.69 Å². The molecule has 7 nitrogen and oxygen atoms in total. The highest BCUT2D eigenvalue weighted by Gasteiger charge is 2.28. The quantitative estimate of drug-likeness (QED) is 0.735. The van der Waals surface area contributed by atoms with Crippen LogP contribution in [0, 0.1) is 6.92 Å². The van der Waals surface area contributed by atoms with Crippen molar-refractivity contribution in [3.05, 3.63) is 77.1 Å². The second-order valence-electron chi connectivity index (χ2n) is 6.93. The van der Waals surface area contributed by atoms with E-state index in [1.165, 1.54) is 0 Å². The average Bonchev–Trinajstić information content (AvgIpc) is 3.23. The number of benzene rings is 2. The van der Waals surface area contributed by atoms with E-state index in [0.29, 0.717) is 24.3 Å². The summed E-state index contributed by atoms with van der Waals surface area (Å²) in [5.41, 5.74) is 4.57. The molecule has 8 heteroatoms. The lowest BCUT2D eigenvalue weighted by Crippen LogP contribution is -2.26. The molecule has 0 spiro atoms. The predicted octanol–water partition coefficient (Wildman–Crippen LogP) is 2.71. The van der Waals surface area contributed by atoms with Crippen molar-refractivity contribution in [3.63, 3.8) is 0 Å². The lowest BCUT2D eigenvalue weighted by molar-refractivity contribution is 0.0749. The summed E-state index contributed by atoms with van der Waals surface area (Å²) in [4.78, 5) is 14.7. The zero-order valence-electron chi connectivity index (χ0n) is 15.6. The molecule has 3 aromatic rings. The van der Waals surface area contributed by atoms with Gasteiger partial charge in [0, 0.05) is 17.7 Å². The van der Waals surface area contributed by atoms with Gasteiger partial charge in [-0.25, -0.2) is 13.1 Å². The Labute approximate surface area is 163 Å². The first-order valence-corrected chi connectivity index (χ1v) is 10.7. The van der Waals surface area contributed by atoms with Crippen molar-refractivity contribution in [2.75, 3.05) is 11.0 Å². The molecule has 0 radical (unpaired) electrons. The number of sulfonamides is 1. The monoisotopic (exact) mass is 396 g/mol. The fourth-order valence-electron chi connectivity index (χ4n) is 3.33. The van der Waals surface area contributed by atoms with Crippen LogP contribution in [0.15, 0.2) is 54.7 Å². The standard InChI is InChI=1S/C20H20N4O3S/c1-14-8-9-15(10-18(14)22-28(2,26)27)20(25)23-12-16-11-21-24(19(16)13-23)17-6-4-3-5-7-17/h3-11,22H,12-13H2,1-2H3. The highest BCUT2D eigenvalue weighted by Crippen LogP contribution is 2.27. The van der Waals surface area contributed by atoms with E-state index in [0.717, 1.165) is 28.8 Å². The molecule has 1 aromatic heterocycles. The number of amides is 1. The van der Waals surface area contributed by atoms with Crippen molar-refractivity contribution in [2.24, 2.45) is 0 Å². The molecule has 2 heterocycles. The Bertz CT molecular complexity index is 1150. The zero-order valence-corrected chi connectivity index (χ0v) is 16.4. The highest BCUT2D eigenvalue weighted by molar-refractivity contribution is 7.92. The van der Waals surface area contributed by atoms with Crippen molar-refractivity contribution in [1.82, 2.24) is 14.7 Å². The minimum absolute atomic E-state index is 0.146. The summed E-state index contributed by atoms with van der Waals surface area (Å²) in [6.07, 6.45) is 2.88. The molecular formula is C20H20N4O3S. The molecule has 2 aromatic carbocycles. The maximum Gasteiger partial charge on any atom is 0.254 e. The van der Waals surface area contributed by atoms with Gasteiger partial charge >= 0.3 is 0 Å². The Balaban J connectivity index is 1.59. The number of nitrogens with zero attached hydrogens (tertiary/aromatic N) is 3. The van der Waals surface area contributed by atoms with Crippen molar-refractivity contribution >= 4 is 21.6 Å². The third kappa shape index (κ3) is 3.50. The summed E-state index contributed by atoms with van der Waals surface area (Å²) < 4.78 is 27.4. The molecule has 0 atom stereocenters. The molecule has 0 unspecified atom stereocenters. The van der Waals surface area contributed by atoms with Gasteiger partial charge in [-0.15, -0.1) is 0 Å². The maximum atomic E-state index is 13.0. The van der Waals surface area contributed by atoms with Gasteiger partial charge in [-0.1, -0.05) is 24.3 Å². The first-order chi connectivity index (χ1) is 13.3. The molecule has 144 valence electrons. The third-order valence-electron chi connectivity index (χ3n) is 4.73. The normalized spacial score (nSPS) is 13.4. The molecule has 0 saturated carbocycles. The summed E-state index contributed by atoms with van der Waals surface area (Å²) in [6.45, 7) is 2.72. The topological polar surface area (TPSA) is 84.3 Å². The number of fused-ring (bicyclic) bond motifs is 1. The Morgan fingerprint density at radius 1 is 1.11 bits per heavy atom. The van der Waals surface area contributed by atoms with Gasteiger partial charge < -0.3 is 4.90 Å². The first kappa shape index (κ1) is 18.2. The number of rotatable bonds is 4. The van der Waals surface area contributed by atoms with Crippen LogP contribution in [0.4, 0.5) is 5.69 Å². The molecule has 1 N–H and O–H groups in total. The predicted molar refractivity (Wildman–Crippen MR) is 107 cm³/mol. The lowest BCUT2D eigenvalue weighted by Gasteiger charge is -2.17. The molecule has 1 amide bonds. The van der Waals surface area contributed by atoms with Crippen LogP contribution in [0.3, 0.4) is 0 Å². The number of para-hydroxylation sites is 1. The van der Waals surface area contributed by atoms with Crippen molar-refractivity contribution in [2.45, 2.75) is 20.0 Å². The van der Waals surface area contributed by atoms with E-state index in [4.69, 9.17) is 0 Å². The van der Waals surface area contributed by atoms with Crippen molar-refractivity contribution < 1.29 is 13.2 Å². The lowest BCUT2D eigenvalue weighted by atomic mass is 10.1. The van der Waals surface area contributed by atoms with Gasteiger partial charge in [0.05, 0.1) is 36.1 Å². The minimum atomic E-state index is -3.42. The number of aryl methyl sites for hydroxylation is 1. The molecule has 0 saturated heterocycles. The van der Waals surface area contributed by atoms with Gasteiger partial charge in [-0.05, 0) is 36.8 Å². The van der Waals surface area contributed by atoms with Crippen LogP contribution in [0.5, 0.6) is 0 Å². The highest BCUT2D eigenvalue weighted by atomic mass is 32.2. The number of carbonyl (C=O) groups is 1. The van der Waals surface area contributed by atoms with Gasteiger partial charge in [0.15, 0.2) is 0 Å². The first-order valence-electron chi connectivity index (χ1n) is 8.81. The zero-order chi connectivity index (χ0) is 19.9. The van der Waals surface area contributed by atoms with E-state index in [1.54, 1.807) is 36.2 Å². The van der Waals surface area contributed by atoms with Gasteiger partial charge in [-0.3, -0.25) is 9.52 Å². The molecule has 28 heavy (non-hydrogen) atoms. The number of hydrogen-bond donors (Lipinski definition) is 1. The molecule has 4 rings (SSSR count). The summed E-state index contributed by atoms with van der Waals surface area (Å²) in [7, 11) is -3.42. The third-order valence-corrected chi connectivity index (χ3v) is 5.32. The van der Waals surface area contributed by atoms with Gasteiger partial charge in [0.1, 0.15) is 0 Å². The largest absolute Gasteiger partial charge is 0.328 e. The molecule has 0 fully saturated rings. The number of carbonyl (C=O) groups excluding carboxylic acids is 1. The SMILES string of the molecule is Cc1ccc(C(=O)N2Cc3cnn(-c4ccccc4)c3C2)cc1NS(C)(=O)=O. The van der Waals surface area contributed by atoms with Crippen molar-refractivity contribution in [3.8, 4) is 5.69 Å². The fourth-order valence-corrected chi connectivity index (χ4v) is 3.95. The van der Waals surface area contributed by atoms with Gasteiger partial charge in [0.2, 0.25) is 10.0 Å². The molecule has 1 aliphatic heterocycles. The van der Waals surface area contributed by atoms with Gasteiger partial charge in [0.25, 0.3) is 5.91 Å². The fraction of sp³-hybridized carbons (Fsp3) is 0.200. The van der Waals surface area contributed by atoms with Crippen LogP contribution in [-0.4, -0.2) is 35.3 Å². The molecular weight excluding hydrogens is 376 g/mol. The molecule has 0 bridgehead atoms. The summed E-state index contributed by atoms with van der Waals surface area (Å²) in [5, 5.41) is 4.44. The summed E-state index contributed by atoms with van der Waals surface area (Å²) in [6, 6.07) is 14.8. The minimum Gasteiger partial charge on any atom is -0.328 e. The maximum absolute atomic E-state index is 13.0. The second-order valence-corrected chi connectivity index (χ2v) is 8.68. The number of anilines is 1. The molecule has 0 aliphatic carbocycles. The van der Waals surface area contributed by atoms with E-state index >= 15 is 0 Å². The molecule has 1 aliphatic rings. The van der Waals surface area contributed by atoms with Crippen LogP contribution in [-0.2, 0) is 23.1 Å². The van der Waals surface area contributed by atoms with Crippen LogP contribution in [0.1, 0.15) is 27.2 Å². The van der Waals surface area contributed by atoms with E-state index < -0.39 is 10.0 Å². The van der Waals surface area contributed by atoms with E-state index in [2.05, 4.69) is 9.82 Å². The smallest absolute Gasteiger partial charge is 0.254 e. The summed E-state index contributed by atoms with van der Waals surface area (Å²) in [5.74, 6) is -0.146. The van der Waals surface area contributed by atoms with E-state index in [-0.39, 0.29) is 5.91 Å². The number of nitrogens with one attached hydrogen (secondary N) is 1. The van der Waals surface area contributed by atoms with Crippen LogP contribution in [0.2, 0.25) is 0 Å². The Kier molecular flexibility index (Phi) is 4.43. The number of hydrogen-bond acceptors (Lipinski definition) is 4. The number of aromatic nitrogens is 2. The van der Waals surface area contributed by atoms with Gasteiger partial charge in [-0.2, -0.15) is 5.10 Å². The Morgan fingerprint density at radius 3 is 2.57 bits per heavy atom. The second kappa shape index (κ2) is 6.79.